The fourth-order valence-electron chi connectivity index (χ4n) is 2.92. The molecule has 1 saturated carbocycles. The summed E-state index contributed by atoms with van der Waals surface area (Å²) in [5, 5.41) is 7.37. The van der Waals surface area contributed by atoms with Gasteiger partial charge in [-0.15, -0.1) is 11.3 Å². The van der Waals surface area contributed by atoms with Crippen molar-refractivity contribution in [2.75, 3.05) is 19.6 Å². The predicted octanol–water partition coefficient (Wildman–Crippen LogP) is 1.39. The molecule has 24 heavy (non-hydrogen) atoms. The summed E-state index contributed by atoms with van der Waals surface area (Å²) < 4.78 is 0. The molecule has 2 N–H and O–H groups in total. The largest absolute Gasteiger partial charge is 0.354 e. The van der Waals surface area contributed by atoms with E-state index in [4.69, 9.17) is 0 Å². The fourth-order valence-corrected chi connectivity index (χ4v) is 3.60. The van der Waals surface area contributed by atoms with Crippen LogP contribution in [0.2, 0.25) is 0 Å². The monoisotopic (exact) mass is 349 g/mol. The minimum atomic E-state index is -0.482. The molecule has 2 heterocycles. The summed E-state index contributed by atoms with van der Waals surface area (Å²) in [5.41, 5.74) is 0. The molecule has 1 aliphatic heterocycles. The second-order valence-electron chi connectivity index (χ2n) is 6.45. The van der Waals surface area contributed by atoms with Crippen molar-refractivity contribution in [2.24, 2.45) is 5.92 Å². The van der Waals surface area contributed by atoms with Gasteiger partial charge in [0.25, 0.3) is 5.91 Å². The number of rotatable bonds is 6. The molecule has 1 unspecified atom stereocenters. The van der Waals surface area contributed by atoms with Crippen molar-refractivity contribution in [3.8, 4) is 0 Å². The summed E-state index contributed by atoms with van der Waals surface area (Å²) >= 11 is 1.38. The number of carbonyl (C=O) groups is 3. The molecule has 0 radical (unpaired) electrons. The van der Waals surface area contributed by atoms with Crippen LogP contribution in [0, 0.1) is 5.92 Å². The summed E-state index contributed by atoms with van der Waals surface area (Å²) in [6.07, 6.45) is 4.82. The molecule has 1 aromatic rings. The lowest BCUT2D eigenvalue weighted by atomic mass is 10.0. The van der Waals surface area contributed by atoms with Gasteiger partial charge in [-0.2, -0.15) is 0 Å². The van der Waals surface area contributed by atoms with Crippen LogP contribution < -0.4 is 10.6 Å². The number of amides is 3. The molecule has 0 spiro atoms. The molecular weight excluding hydrogens is 326 g/mol. The molecule has 0 bridgehead atoms. The van der Waals surface area contributed by atoms with E-state index in [1.54, 1.807) is 11.0 Å². The van der Waals surface area contributed by atoms with Crippen molar-refractivity contribution in [1.29, 1.82) is 0 Å². The molecule has 130 valence electrons. The number of nitrogens with one attached hydrogen (secondary N) is 2. The molecule has 1 aromatic heterocycles. The first-order chi connectivity index (χ1) is 11.6. The normalized spacial score (nSPS) is 20.5. The molecule has 3 amide bonds. The van der Waals surface area contributed by atoms with Crippen LogP contribution in [0.5, 0.6) is 0 Å². The Morgan fingerprint density at radius 1 is 1.17 bits per heavy atom. The number of hydrogen-bond acceptors (Lipinski definition) is 4. The van der Waals surface area contributed by atoms with Crippen LogP contribution >= 0.6 is 11.3 Å². The maximum Gasteiger partial charge on any atom is 0.264 e. The van der Waals surface area contributed by atoms with E-state index in [1.807, 2.05) is 11.4 Å². The van der Waals surface area contributed by atoms with E-state index in [1.165, 1.54) is 24.2 Å². The summed E-state index contributed by atoms with van der Waals surface area (Å²) in [6, 6.07) is 3.13. The van der Waals surface area contributed by atoms with Crippen LogP contribution in [0.4, 0.5) is 0 Å². The quantitative estimate of drug-likeness (QED) is 0.814. The molecule has 7 heteroatoms. The van der Waals surface area contributed by atoms with Crippen molar-refractivity contribution in [1.82, 2.24) is 15.5 Å². The molecular formula is C17H23N3O3S. The second-order valence-corrected chi connectivity index (χ2v) is 7.40. The van der Waals surface area contributed by atoms with Crippen molar-refractivity contribution in [3.05, 3.63) is 22.4 Å². The standard InChI is InChI=1S/C17H23N3O3S/c21-15(18-10-12-6-7-12)11-19-16(22)13-4-1-2-8-20(13)17(23)14-5-3-9-24-14/h3,5,9,12-13H,1-2,4,6-8,10-11H2,(H,18,21)(H,19,22). The highest BCUT2D eigenvalue weighted by molar-refractivity contribution is 7.12. The third kappa shape index (κ3) is 4.35. The lowest BCUT2D eigenvalue weighted by molar-refractivity contribution is -0.129. The minimum absolute atomic E-state index is 0.0247. The Balaban J connectivity index is 1.52. The molecule has 1 atom stereocenters. The molecule has 2 aliphatic rings. The van der Waals surface area contributed by atoms with Gasteiger partial charge in [-0.05, 0) is 49.5 Å². The maximum atomic E-state index is 12.6. The molecule has 1 aliphatic carbocycles. The van der Waals surface area contributed by atoms with Crippen molar-refractivity contribution in [2.45, 2.75) is 38.1 Å². The molecule has 0 aromatic carbocycles. The van der Waals surface area contributed by atoms with Gasteiger partial charge in [-0.1, -0.05) is 6.07 Å². The SMILES string of the molecule is O=C(CNC(=O)C1CCCCN1C(=O)c1cccs1)NCC1CC1. The third-order valence-corrected chi connectivity index (χ3v) is 5.36. The van der Waals surface area contributed by atoms with Crippen LogP contribution in [0.25, 0.3) is 0 Å². The van der Waals surface area contributed by atoms with E-state index in [-0.39, 0.29) is 24.3 Å². The molecule has 6 nitrogen and oxygen atoms in total. The van der Waals surface area contributed by atoms with Gasteiger partial charge < -0.3 is 15.5 Å². The molecule has 3 rings (SSSR count). The molecule has 1 saturated heterocycles. The lowest BCUT2D eigenvalue weighted by Crippen LogP contribution is -2.53. The van der Waals surface area contributed by atoms with Gasteiger partial charge in [0.15, 0.2) is 0 Å². The Morgan fingerprint density at radius 2 is 2.00 bits per heavy atom. The van der Waals surface area contributed by atoms with E-state index in [0.29, 0.717) is 30.3 Å². The summed E-state index contributed by atoms with van der Waals surface area (Å²) in [7, 11) is 0. The van der Waals surface area contributed by atoms with Gasteiger partial charge in [0.2, 0.25) is 11.8 Å². The average Bonchev–Trinajstić information content (AvgIpc) is 3.28. The van der Waals surface area contributed by atoms with Crippen molar-refractivity contribution in [3.63, 3.8) is 0 Å². The predicted molar refractivity (Wildman–Crippen MR) is 91.7 cm³/mol. The first-order valence-electron chi connectivity index (χ1n) is 8.54. The van der Waals surface area contributed by atoms with Crippen LogP contribution in [-0.4, -0.2) is 48.3 Å². The number of likely N-dealkylation sites (tertiary alicyclic amines) is 1. The van der Waals surface area contributed by atoms with Gasteiger partial charge in [0.05, 0.1) is 11.4 Å². The van der Waals surface area contributed by atoms with E-state index in [9.17, 15) is 14.4 Å². The van der Waals surface area contributed by atoms with Crippen LogP contribution in [0.3, 0.4) is 0 Å². The lowest BCUT2D eigenvalue weighted by Gasteiger charge is -2.34. The second kappa shape index (κ2) is 7.79. The van der Waals surface area contributed by atoms with Crippen LogP contribution in [-0.2, 0) is 9.59 Å². The van der Waals surface area contributed by atoms with E-state index in [0.717, 1.165) is 12.8 Å². The first-order valence-corrected chi connectivity index (χ1v) is 9.42. The average molecular weight is 349 g/mol. The van der Waals surface area contributed by atoms with Gasteiger partial charge in [-0.25, -0.2) is 0 Å². The zero-order chi connectivity index (χ0) is 16.9. The Hall–Kier alpha value is -1.89. The summed E-state index contributed by atoms with van der Waals surface area (Å²) in [6.45, 7) is 1.26. The number of piperidine rings is 1. The van der Waals surface area contributed by atoms with Gasteiger partial charge in [0, 0.05) is 13.1 Å². The van der Waals surface area contributed by atoms with Crippen LogP contribution in [0.1, 0.15) is 41.8 Å². The highest BCUT2D eigenvalue weighted by atomic mass is 32.1. The molecule has 2 fully saturated rings. The summed E-state index contributed by atoms with van der Waals surface area (Å²) in [4.78, 5) is 39.1. The summed E-state index contributed by atoms with van der Waals surface area (Å²) in [5.74, 6) is 0.119. The number of thiophene rings is 1. The van der Waals surface area contributed by atoms with Gasteiger partial charge >= 0.3 is 0 Å². The Morgan fingerprint density at radius 3 is 2.71 bits per heavy atom. The fraction of sp³-hybridized carbons (Fsp3) is 0.588. The topological polar surface area (TPSA) is 78.5 Å². The zero-order valence-corrected chi connectivity index (χ0v) is 14.4. The number of carbonyl (C=O) groups excluding carboxylic acids is 3. The number of nitrogens with zero attached hydrogens (tertiary/aromatic N) is 1. The highest BCUT2D eigenvalue weighted by Gasteiger charge is 2.33. The Kier molecular flexibility index (Phi) is 5.50. The Bertz CT molecular complexity index is 598. The highest BCUT2D eigenvalue weighted by Crippen LogP contribution is 2.27. The number of hydrogen-bond donors (Lipinski definition) is 2. The van der Waals surface area contributed by atoms with Gasteiger partial charge in [-0.3, -0.25) is 14.4 Å². The van der Waals surface area contributed by atoms with E-state index in [2.05, 4.69) is 10.6 Å². The van der Waals surface area contributed by atoms with E-state index >= 15 is 0 Å². The van der Waals surface area contributed by atoms with E-state index < -0.39 is 6.04 Å². The van der Waals surface area contributed by atoms with Crippen molar-refractivity contribution < 1.29 is 14.4 Å². The third-order valence-electron chi connectivity index (χ3n) is 4.51. The van der Waals surface area contributed by atoms with Crippen molar-refractivity contribution >= 4 is 29.1 Å². The minimum Gasteiger partial charge on any atom is -0.354 e. The van der Waals surface area contributed by atoms with Crippen LogP contribution in [0.15, 0.2) is 17.5 Å². The Labute approximate surface area is 145 Å². The van der Waals surface area contributed by atoms with Gasteiger partial charge in [0.1, 0.15) is 6.04 Å². The maximum absolute atomic E-state index is 12.6. The first kappa shape index (κ1) is 17.0. The smallest absolute Gasteiger partial charge is 0.264 e. The zero-order valence-electron chi connectivity index (χ0n) is 13.6.